The van der Waals surface area contributed by atoms with E-state index in [0.717, 1.165) is 15.4 Å². The summed E-state index contributed by atoms with van der Waals surface area (Å²) in [6.07, 6.45) is 3.65. The zero-order chi connectivity index (χ0) is 18.5. The van der Waals surface area contributed by atoms with Gasteiger partial charge in [0, 0.05) is 42.2 Å². The molecule has 0 fully saturated rings. The molecule has 0 aliphatic carbocycles. The largest absolute Gasteiger partial charge is 0.337 e. The van der Waals surface area contributed by atoms with E-state index in [1.54, 1.807) is 28.9 Å². The Hall–Kier alpha value is -3.04. The number of nitriles is 1. The summed E-state index contributed by atoms with van der Waals surface area (Å²) in [5.41, 5.74) is 2.20. The van der Waals surface area contributed by atoms with E-state index in [1.807, 2.05) is 55.7 Å². The van der Waals surface area contributed by atoms with Crippen molar-refractivity contribution in [3.8, 4) is 6.07 Å². The van der Waals surface area contributed by atoms with Crippen LogP contribution in [0.15, 0.2) is 70.7 Å². The fraction of sp³-hybridized carbons (Fsp3) is 0.150. The summed E-state index contributed by atoms with van der Waals surface area (Å²) in [6.45, 7) is 0.487. The quantitative estimate of drug-likeness (QED) is 0.694. The smallest absolute Gasteiger partial charge is 0.255 e. The molecule has 130 valence electrons. The van der Waals surface area contributed by atoms with Gasteiger partial charge in [0.2, 0.25) is 0 Å². The summed E-state index contributed by atoms with van der Waals surface area (Å²) < 4.78 is 1.72. The molecule has 2 aromatic carbocycles. The molecule has 0 radical (unpaired) electrons. The van der Waals surface area contributed by atoms with Crippen molar-refractivity contribution in [3.63, 3.8) is 0 Å². The molecule has 0 saturated heterocycles. The maximum Gasteiger partial charge on any atom is 0.255 e. The predicted molar refractivity (Wildman–Crippen MR) is 101 cm³/mol. The summed E-state index contributed by atoms with van der Waals surface area (Å²) in [4.78, 5) is 16.3. The van der Waals surface area contributed by atoms with Gasteiger partial charge in [0.15, 0.2) is 0 Å². The van der Waals surface area contributed by atoms with Gasteiger partial charge in [-0.2, -0.15) is 10.4 Å². The first kappa shape index (κ1) is 17.8. The van der Waals surface area contributed by atoms with Crippen LogP contribution in [0.4, 0.5) is 0 Å². The average molecular weight is 362 g/mol. The molecule has 3 aromatic rings. The van der Waals surface area contributed by atoms with Crippen LogP contribution >= 0.6 is 11.8 Å². The molecule has 3 rings (SSSR count). The molecule has 1 heterocycles. The predicted octanol–water partition coefficient (Wildman–Crippen LogP) is 3.72. The minimum absolute atomic E-state index is 0.0635. The van der Waals surface area contributed by atoms with Crippen molar-refractivity contribution in [2.75, 3.05) is 7.05 Å². The molecule has 0 spiro atoms. The molecule has 0 unspecified atom stereocenters. The molecule has 1 aromatic heterocycles. The summed E-state index contributed by atoms with van der Waals surface area (Å²) in [6, 6.07) is 17.1. The normalized spacial score (nSPS) is 10.3. The van der Waals surface area contributed by atoms with E-state index < -0.39 is 0 Å². The van der Waals surface area contributed by atoms with Gasteiger partial charge in [-0.25, -0.2) is 0 Å². The Kier molecular flexibility index (Phi) is 5.40. The number of carbonyl (C=O) groups excluding carboxylic acids is 1. The molecular weight excluding hydrogens is 344 g/mol. The summed E-state index contributed by atoms with van der Waals surface area (Å²) >= 11 is 1.44. The highest BCUT2D eigenvalue weighted by molar-refractivity contribution is 7.99. The topological polar surface area (TPSA) is 61.9 Å². The van der Waals surface area contributed by atoms with Crippen molar-refractivity contribution in [2.45, 2.75) is 16.3 Å². The number of aryl methyl sites for hydroxylation is 1. The molecule has 0 bridgehead atoms. The SMILES string of the molecule is CN(Cc1cnn(C)c1)C(=O)c1ccccc1Sc1ccccc1C#N. The Bertz CT molecular complexity index is 974. The number of benzene rings is 2. The van der Waals surface area contributed by atoms with Crippen LogP contribution in [-0.4, -0.2) is 27.6 Å². The second kappa shape index (κ2) is 7.89. The lowest BCUT2D eigenvalue weighted by Crippen LogP contribution is -2.26. The van der Waals surface area contributed by atoms with E-state index in [9.17, 15) is 10.1 Å². The van der Waals surface area contributed by atoms with Crippen LogP contribution < -0.4 is 0 Å². The van der Waals surface area contributed by atoms with Crippen molar-refractivity contribution in [1.82, 2.24) is 14.7 Å². The van der Waals surface area contributed by atoms with Gasteiger partial charge in [-0.3, -0.25) is 9.48 Å². The fourth-order valence-corrected chi connectivity index (χ4v) is 3.62. The third kappa shape index (κ3) is 3.95. The second-order valence-electron chi connectivity index (χ2n) is 5.89. The number of hydrogen-bond acceptors (Lipinski definition) is 4. The minimum Gasteiger partial charge on any atom is -0.337 e. The first-order chi connectivity index (χ1) is 12.6. The standard InChI is InChI=1S/C20H18N4OS/c1-23(13-15-12-22-24(2)14-15)20(25)17-8-4-6-10-19(17)26-18-9-5-3-7-16(18)11-21/h3-10,12,14H,13H2,1-2H3. The molecule has 0 N–H and O–H groups in total. The van der Waals surface area contributed by atoms with E-state index in [1.165, 1.54) is 11.8 Å². The molecule has 6 heteroatoms. The highest BCUT2D eigenvalue weighted by Crippen LogP contribution is 2.33. The van der Waals surface area contributed by atoms with Crippen molar-refractivity contribution in [2.24, 2.45) is 7.05 Å². The van der Waals surface area contributed by atoms with Crippen LogP contribution in [0.5, 0.6) is 0 Å². The second-order valence-corrected chi connectivity index (χ2v) is 6.97. The van der Waals surface area contributed by atoms with Crippen molar-refractivity contribution in [1.29, 1.82) is 5.26 Å². The van der Waals surface area contributed by atoms with Crippen molar-refractivity contribution in [3.05, 3.63) is 77.6 Å². The summed E-state index contributed by atoms with van der Waals surface area (Å²) in [5.74, 6) is -0.0635. The average Bonchev–Trinajstić information content (AvgIpc) is 3.06. The van der Waals surface area contributed by atoms with Gasteiger partial charge in [0.1, 0.15) is 6.07 Å². The number of nitrogens with zero attached hydrogens (tertiary/aromatic N) is 4. The van der Waals surface area contributed by atoms with Crippen LogP contribution in [0.3, 0.4) is 0 Å². The summed E-state index contributed by atoms with van der Waals surface area (Å²) in [7, 11) is 3.63. The molecule has 1 amide bonds. The molecule has 0 aliphatic rings. The van der Waals surface area contributed by atoms with Crippen molar-refractivity contribution >= 4 is 17.7 Å². The monoisotopic (exact) mass is 362 g/mol. The van der Waals surface area contributed by atoms with Gasteiger partial charge in [0.25, 0.3) is 5.91 Å². The Morgan fingerprint density at radius 1 is 1.19 bits per heavy atom. The lowest BCUT2D eigenvalue weighted by atomic mass is 10.2. The number of rotatable bonds is 5. The highest BCUT2D eigenvalue weighted by Gasteiger charge is 2.17. The van der Waals surface area contributed by atoms with Gasteiger partial charge in [-0.1, -0.05) is 36.0 Å². The Morgan fingerprint density at radius 3 is 2.58 bits per heavy atom. The Morgan fingerprint density at radius 2 is 1.88 bits per heavy atom. The third-order valence-electron chi connectivity index (χ3n) is 3.87. The van der Waals surface area contributed by atoms with Crippen LogP contribution in [0.2, 0.25) is 0 Å². The Labute approximate surface area is 156 Å². The van der Waals surface area contributed by atoms with E-state index in [4.69, 9.17) is 0 Å². The number of aromatic nitrogens is 2. The molecule has 5 nitrogen and oxygen atoms in total. The first-order valence-electron chi connectivity index (χ1n) is 8.07. The van der Waals surface area contributed by atoms with Gasteiger partial charge in [0.05, 0.1) is 17.3 Å². The van der Waals surface area contributed by atoms with Crippen molar-refractivity contribution < 1.29 is 4.79 Å². The van der Waals surface area contributed by atoms with E-state index in [-0.39, 0.29) is 5.91 Å². The van der Waals surface area contributed by atoms with Crippen LogP contribution in [-0.2, 0) is 13.6 Å². The fourth-order valence-electron chi connectivity index (χ4n) is 2.60. The maximum absolute atomic E-state index is 12.9. The minimum atomic E-state index is -0.0635. The lowest BCUT2D eigenvalue weighted by Gasteiger charge is -2.18. The van der Waals surface area contributed by atoms with E-state index >= 15 is 0 Å². The zero-order valence-electron chi connectivity index (χ0n) is 14.6. The van der Waals surface area contributed by atoms with Crippen LogP contribution in [0.25, 0.3) is 0 Å². The number of carbonyl (C=O) groups is 1. The van der Waals surface area contributed by atoms with E-state index in [2.05, 4.69) is 11.2 Å². The highest BCUT2D eigenvalue weighted by atomic mass is 32.2. The van der Waals surface area contributed by atoms with Gasteiger partial charge in [-0.15, -0.1) is 0 Å². The first-order valence-corrected chi connectivity index (χ1v) is 8.89. The molecule has 26 heavy (non-hydrogen) atoms. The Balaban J connectivity index is 1.84. The maximum atomic E-state index is 12.9. The number of hydrogen-bond donors (Lipinski definition) is 0. The van der Waals surface area contributed by atoms with Crippen LogP contribution in [0.1, 0.15) is 21.5 Å². The van der Waals surface area contributed by atoms with Crippen LogP contribution in [0, 0.1) is 11.3 Å². The lowest BCUT2D eigenvalue weighted by molar-refractivity contribution is 0.0781. The molecule has 0 saturated carbocycles. The van der Waals surface area contributed by atoms with Gasteiger partial charge in [-0.05, 0) is 24.3 Å². The molecule has 0 aliphatic heterocycles. The molecular formula is C20H18N4OS. The zero-order valence-corrected chi connectivity index (χ0v) is 15.4. The summed E-state index contributed by atoms with van der Waals surface area (Å²) in [5, 5.41) is 13.4. The third-order valence-corrected chi connectivity index (χ3v) is 5.02. The number of amides is 1. The van der Waals surface area contributed by atoms with E-state index in [0.29, 0.717) is 17.7 Å². The molecule has 0 atom stereocenters. The van der Waals surface area contributed by atoms with Gasteiger partial charge < -0.3 is 4.90 Å². The van der Waals surface area contributed by atoms with Gasteiger partial charge >= 0.3 is 0 Å².